The third-order valence-electron chi connectivity index (χ3n) is 2.47. The molecule has 1 saturated heterocycles. The number of ether oxygens (including phenoxy) is 1. The second-order valence-corrected chi connectivity index (χ2v) is 6.62. The van der Waals surface area contributed by atoms with Gasteiger partial charge in [0.2, 0.25) is 0 Å². The molecule has 3 aliphatic heterocycles. The van der Waals surface area contributed by atoms with E-state index in [2.05, 4.69) is 30.1 Å². The molecule has 0 aromatic heterocycles. The molecule has 23 heavy (non-hydrogen) atoms. The molecule has 3 heterocycles. The van der Waals surface area contributed by atoms with Gasteiger partial charge in [-0.25, -0.2) is 0 Å². The van der Waals surface area contributed by atoms with Gasteiger partial charge in [0.05, 0.1) is 0 Å². The predicted molar refractivity (Wildman–Crippen MR) is 108 cm³/mol. The number of aliphatic imine (C=N–C) groups is 2. The average Bonchev–Trinajstić information content (AvgIpc) is 3.06. The van der Waals surface area contributed by atoms with Gasteiger partial charge in [-0.15, -0.1) is 42.5 Å². The van der Waals surface area contributed by atoms with Crippen LogP contribution in [0.5, 0.6) is 0 Å². The summed E-state index contributed by atoms with van der Waals surface area (Å²) in [5.74, 6) is 0.824. The number of nitrogens with zero attached hydrogens (tertiary/aromatic N) is 2. The Morgan fingerprint density at radius 2 is 2.09 bits per heavy atom. The molecule has 3 aliphatic rings. The lowest BCUT2D eigenvalue weighted by atomic mass is 10.2. The Bertz CT molecular complexity index is 453. The van der Waals surface area contributed by atoms with Crippen LogP contribution in [-0.2, 0) is 4.74 Å². The van der Waals surface area contributed by atoms with Gasteiger partial charge in [0, 0.05) is 23.2 Å². The van der Waals surface area contributed by atoms with Gasteiger partial charge in [-0.2, -0.15) is 29.9 Å². The molecular formula is C17H26Cl2N2OS-2. The van der Waals surface area contributed by atoms with Crippen LogP contribution in [0.2, 0.25) is 0 Å². The van der Waals surface area contributed by atoms with Crippen molar-refractivity contribution in [2.75, 3.05) is 13.2 Å². The van der Waals surface area contributed by atoms with Gasteiger partial charge in [-0.3, -0.25) is 0 Å². The summed E-state index contributed by atoms with van der Waals surface area (Å²) in [6.07, 6.45) is 8.06. The molecule has 0 N–H and O–H groups in total. The fourth-order valence-corrected chi connectivity index (χ4v) is 2.23. The summed E-state index contributed by atoms with van der Waals surface area (Å²) >= 11 is 12.3. The van der Waals surface area contributed by atoms with Crippen LogP contribution in [0.3, 0.4) is 0 Å². The summed E-state index contributed by atoms with van der Waals surface area (Å²) in [6.45, 7) is 11.4. The highest BCUT2D eigenvalue weighted by Gasteiger charge is 2.07. The van der Waals surface area contributed by atoms with E-state index in [1.165, 1.54) is 18.2 Å². The standard InChI is InChI=1S/C6H5ClN.C5H10O.C4H3ClNS.2CH4/c1-5-2-3-6(7)8-4-5;1-5-2-3-6-4-5;1-3-2-6-4(5)7-3;;/h2-4H,1H2;5H,2-4H2,1H3;2H,1H2;2*1H4/q-1;;-1;;. The van der Waals surface area contributed by atoms with Crippen LogP contribution in [0.1, 0.15) is 28.2 Å². The van der Waals surface area contributed by atoms with E-state index in [1.807, 2.05) is 6.42 Å². The lowest BCUT2D eigenvalue weighted by Gasteiger charge is -2.08. The molecule has 0 saturated carbocycles. The highest BCUT2D eigenvalue weighted by molar-refractivity contribution is 8.08. The maximum Gasteiger partial charge on any atom is 0.0492 e. The minimum Gasteiger partial charge on any atom is -0.425 e. The van der Waals surface area contributed by atoms with Gasteiger partial charge in [-0.05, 0) is 12.3 Å². The van der Waals surface area contributed by atoms with Crippen molar-refractivity contribution in [1.82, 2.24) is 0 Å². The number of halogens is 2. The van der Waals surface area contributed by atoms with Gasteiger partial charge in [0.1, 0.15) is 0 Å². The second-order valence-electron chi connectivity index (χ2n) is 4.54. The van der Waals surface area contributed by atoms with Crippen molar-refractivity contribution in [3.05, 3.63) is 46.1 Å². The van der Waals surface area contributed by atoms with Crippen LogP contribution < -0.4 is 0 Å². The SMILES string of the molecule is C.C.C=C1C=NC(Cl)=C[CH-]1.C=C1C=N[C-](Cl)S1.CC1CCOC1. The molecule has 132 valence electrons. The topological polar surface area (TPSA) is 34.0 Å². The molecule has 1 unspecified atom stereocenters. The Morgan fingerprint density at radius 1 is 1.39 bits per heavy atom. The van der Waals surface area contributed by atoms with Gasteiger partial charge >= 0.3 is 0 Å². The molecule has 1 fully saturated rings. The normalized spacial score (nSPS) is 20.9. The number of allylic oxidation sites excluding steroid dienone is 3. The second kappa shape index (κ2) is 13.6. The third kappa shape index (κ3) is 12.3. The van der Waals surface area contributed by atoms with Crippen LogP contribution in [-0.4, -0.2) is 25.6 Å². The van der Waals surface area contributed by atoms with Crippen molar-refractivity contribution >= 4 is 47.4 Å². The van der Waals surface area contributed by atoms with Crippen molar-refractivity contribution in [2.45, 2.75) is 28.2 Å². The molecule has 0 amide bonds. The highest BCUT2D eigenvalue weighted by atomic mass is 35.5. The lowest BCUT2D eigenvalue weighted by molar-refractivity contribution is 0.188. The summed E-state index contributed by atoms with van der Waals surface area (Å²) in [5.41, 5.74) is 0.884. The molecule has 0 spiro atoms. The first-order valence-electron chi connectivity index (χ1n) is 6.42. The highest BCUT2D eigenvalue weighted by Crippen LogP contribution is 2.35. The first-order valence-corrected chi connectivity index (χ1v) is 7.99. The van der Waals surface area contributed by atoms with Gasteiger partial charge in [-0.1, -0.05) is 32.9 Å². The first kappa shape index (κ1) is 24.4. The first-order chi connectivity index (χ1) is 9.97. The summed E-state index contributed by atoms with van der Waals surface area (Å²) in [6, 6.07) is 0. The van der Waals surface area contributed by atoms with Crippen LogP contribution in [0.25, 0.3) is 0 Å². The van der Waals surface area contributed by atoms with Crippen molar-refractivity contribution in [2.24, 2.45) is 15.9 Å². The Hall–Kier alpha value is -0.810. The molecule has 0 aromatic rings. The van der Waals surface area contributed by atoms with Crippen molar-refractivity contribution in [1.29, 1.82) is 0 Å². The van der Waals surface area contributed by atoms with Gasteiger partial charge in [0.25, 0.3) is 0 Å². The van der Waals surface area contributed by atoms with E-state index in [0.29, 0.717) is 9.99 Å². The molecule has 3 rings (SSSR count). The smallest absolute Gasteiger partial charge is 0.0492 e. The molecule has 0 aromatic carbocycles. The number of rotatable bonds is 0. The molecule has 0 aliphatic carbocycles. The van der Waals surface area contributed by atoms with Crippen molar-refractivity contribution < 1.29 is 4.74 Å². The summed E-state index contributed by atoms with van der Waals surface area (Å²) < 4.78 is 5.06. The zero-order valence-corrected chi connectivity index (χ0v) is 14.2. The third-order valence-corrected chi connectivity index (χ3v) is 3.67. The molecule has 0 radical (unpaired) electrons. The summed E-state index contributed by atoms with van der Waals surface area (Å²) in [7, 11) is 0. The number of thioether (sulfide) groups is 1. The molecular weight excluding hydrogens is 351 g/mol. The van der Waals surface area contributed by atoms with E-state index in [1.54, 1.807) is 18.5 Å². The molecule has 6 heteroatoms. The maximum absolute atomic E-state index is 5.47. The van der Waals surface area contributed by atoms with E-state index >= 15 is 0 Å². The van der Waals surface area contributed by atoms with E-state index in [4.69, 9.17) is 27.9 Å². The Kier molecular flexibility index (Phi) is 14.5. The largest absolute Gasteiger partial charge is 0.425 e. The Balaban J connectivity index is 0. The predicted octanol–water partition coefficient (Wildman–Crippen LogP) is 6.23. The van der Waals surface area contributed by atoms with Crippen molar-refractivity contribution in [3.8, 4) is 0 Å². The average molecular weight is 377 g/mol. The van der Waals surface area contributed by atoms with Crippen LogP contribution in [0, 0.1) is 17.2 Å². The Morgan fingerprint density at radius 3 is 2.30 bits per heavy atom. The van der Waals surface area contributed by atoms with Gasteiger partial charge in [0.15, 0.2) is 0 Å². The molecule has 0 bridgehead atoms. The molecule has 3 nitrogen and oxygen atoms in total. The zero-order valence-electron chi connectivity index (χ0n) is 11.9. The summed E-state index contributed by atoms with van der Waals surface area (Å²) in [4.78, 5) is 8.99. The van der Waals surface area contributed by atoms with Crippen LogP contribution >= 0.6 is 35.0 Å². The monoisotopic (exact) mass is 376 g/mol. The zero-order chi connectivity index (χ0) is 15.7. The van der Waals surface area contributed by atoms with Crippen molar-refractivity contribution in [3.63, 3.8) is 0 Å². The lowest BCUT2D eigenvalue weighted by Crippen LogP contribution is -1.88. The van der Waals surface area contributed by atoms with E-state index in [9.17, 15) is 0 Å². The van der Waals surface area contributed by atoms with E-state index in [-0.39, 0.29) is 14.9 Å². The number of hydrogen-bond donors (Lipinski definition) is 0. The van der Waals surface area contributed by atoms with E-state index in [0.717, 1.165) is 29.6 Å². The summed E-state index contributed by atoms with van der Waals surface area (Å²) in [5, 5.41) is 0.511. The minimum atomic E-state index is 0. The van der Waals surface area contributed by atoms with Crippen LogP contribution in [0.15, 0.2) is 44.9 Å². The quantitative estimate of drug-likeness (QED) is 0.370. The fourth-order valence-electron chi connectivity index (χ4n) is 1.34. The maximum atomic E-state index is 5.47. The minimum absolute atomic E-state index is 0. The Labute approximate surface area is 155 Å². The fraction of sp³-hybridized carbons (Fsp3) is 0.412. The van der Waals surface area contributed by atoms with Gasteiger partial charge < -0.3 is 14.7 Å². The van der Waals surface area contributed by atoms with Crippen LogP contribution in [0.4, 0.5) is 0 Å². The molecule has 1 atom stereocenters. The van der Waals surface area contributed by atoms with E-state index < -0.39 is 0 Å². The number of hydrogen-bond acceptors (Lipinski definition) is 4.